The second kappa shape index (κ2) is 12.4. The molecule has 1 aliphatic heterocycles. The summed E-state index contributed by atoms with van der Waals surface area (Å²) in [6, 6.07) is 26.8. The molecule has 7 nitrogen and oxygen atoms in total. The van der Waals surface area contributed by atoms with Gasteiger partial charge in [0.15, 0.2) is 0 Å². The lowest BCUT2D eigenvalue weighted by molar-refractivity contribution is -0.117. The summed E-state index contributed by atoms with van der Waals surface area (Å²) in [5, 5.41) is 18.1. The fraction of sp³-hybridized carbons (Fsp3) is 0.194. The van der Waals surface area contributed by atoms with Crippen LogP contribution in [0.3, 0.4) is 0 Å². The maximum absolute atomic E-state index is 12.8. The highest BCUT2D eigenvalue weighted by atomic mass is 35.5. The van der Waals surface area contributed by atoms with Crippen molar-refractivity contribution >= 4 is 23.6 Å². The van der Waals surface area contributed by atoms with Gasteiger partial charge in [-0.2, -0.15) is 10.4 Å². The van der Waals surface area contributed by atoms with Crippen LogP contribution in [0.5, 0.6) is 5.75 Å². The summed E-state index contributed by atoms with van der Waals surface area (Å²) in [5.41, 5.74) is 4.00. The minimum atomic E-state index is -0.433. The summed E-state index contributed by atoms with van der Waals surface area (Å²) >= 11 is 5.96. The molecule has 0 saturated carbocycles. The van der Waals surface area contributed by atoms with Crippen LogP contribution in [0.15, 0.2) is 90.6 Å². The summed E-state index contributed by atoms with van der Waals surface area (Å²) in [6.45, 7) is 1.50. The van der Waals surface area contributed by atoms with E-state index in [1.807, 2.05) is 91.1 Å². The van der Waals surface area contributed by atoms with Crippen LogP contribution in [0, 0.1) is 11.3 Å². The van der Waals surface area contributed by atoms with Gasteiger partial charge in [0.2, 0.25) is 0 Å². The molecule has 4 aromatic rings. The van der Waals surface area contributed by atoms with Gasteiger partial charge in [0.05, 0.1) is 17.5 Å². The maximum atomic E-state index is 12.8. The smallest absolute Gasteiger partial charge is 0.262 e. The number of ether oxygens (including phenoxy) is 2. The van der Waals surface area contributed by atoms with Crippen molar-refractivity contribution < 1.29 is 14.3 Å². The van der Waals surface area contributed by atoms with E-state index in [9.17, 15) is 10.1 Å². The number of para-hydroxylation sites is 1. The number of halogens is 1. The molecular formula is C31H27ClN4O3. The van der Waals surface area contributed by atoms with E-state index in [1.54, 1.807) is 10.8 Å². The highest BCUT2D eigenvalue weighted by Crippen LogP contribution is 2.28. The fourth-order valence-electron chi connectivity index (χ4n) is 4.30. The third kappa shape index (κ3) is 6.74. The summed E-state index contributed by atoms with van der Waals surface area (Å²) < 4.78 is 13.2. The van der Waals surface area contributed by atoms with Crippen LogP contribution in [-0.4, -0.2) is 34.9 Å². The van der Waals surface area contributed by atoms with Gasteiger partial charge in [-0.25, -0.2) is 4.68 Å². The van der Waals surface area contributed by atoms with E-state index in [-0.39, 0.29) is 11.7 Å². The van der Waals surface area contributed by atoms with Crippen molar-refractivity contribution in [1.82, 2.24) is 15.1 Å². The van der Waals surface area contributed by atoms with E-state index in [0.717, 1.165) is 29.7 Å². The summed E-state index contributed by atoms with van der Waals surface area (Å²) in [7, 11) is 0. The monoisotopic (exact) mass is 538 g/mol. The molecule has 0 aliphatic carbocycles. The molecule has 3 aromatic carbocycles. The molecule has 1 atom stereocenters. The average Bonchev–Trinajstić information content (AvgIpc) is 3.65. The number of rotatable bonds is 9. The molecule has 1 amide bonds. The Labute approximate surface area is 232 Å². The number of aromatic nitrogens is 2. The van der Waals surface area contributed by atoms with Gasteiger partial charge >= 0.3 is 0 Å². The molecule has 8 heteroatoms. The lowest BCUT2D eigenvalue weighted by Crippen LogP contribution is -2.32. The van der Waals surface area contributed by atoms with Crippen LogP contribution in [0.1, 0.15) is 24.0 Å². The summed E-state index contributed by atoms with van der Waals surface area (Å²) in [5.74, 6) is 0.275. The van der Waals surface area contributed by atoms with Crippen molar-refractivity contribution in [3.63, 3.8) is 0 Å². The number of nitrogens with one attached hydrogen (secondary N) is 1. The molecule has 2 heterocycles. The van der Waals surface area contributed by atoms with Gasteiger partial charge in [-0.1, -0.05) is 41.9 Å². The predicted molar refractivity (Wildman–Crippen MR) is 150 cm³/mol. The Kier molecular flexibility index (Phi) is 8.37. The van der Waals surface area contributed by atoms with E-state index in [2.05, 4.69) is 5.32 Å². The first-order valence-electron chi connectivity index (χ1n) is 12.7. The first-order chi connectivity index (χ1) is 19.1. The van der Waals surface area contributed by atoms with E-state index >= 15 is 0 Å². The number of hydrogen-bond acceptors (Lipinski definition) is 5. The maximum Gasteiger partial charge on any atom is 0.262 e. The Morgan fingerprint density at radius 2 is 1.90 bits per heavy atom. The molecule has 1 saturated heterocycles. The van der Waals surface area contributed by atoms with Gasteiger partial charge in [0, 0.05) is 35.5 Å². The van der Waals surface area contributed by atoms with Gasteiger partial charge in [-0.15, -0.1) is 0 Å². The van der Waals surface area contributed by atoms with E-state index in [0.29, 0.717) is 41.8 Å². The molecule has 1 aromatic heterocycles. The normalized spacial score (nSPS) is 15.1. The molecule has 1 unspecified atom stereocenters. The summed E-state index contributed by atoms with van der Waals surface area (Å²) in [4.78, 5) is 12.8. The van der Waals surface area contributed by atoms with E-state index in [1.165, 1.54) is 0 Å². The number of nitrogens with zero attached hydrogens (tertiary/aromatic N) is 3. The largest absolute Gasteiger partial charge is 0.489 e. The predicted octanol–water partition coefficient (Wildman–Crippen LogP) is 5.97. The molecule has 0 bridgehead atoms. The molecule has 1 fully saturated rings. The topological polar surface area (TPSA) is 89.2 Å². The zero-order valence-corrected chi connectivity index (χ0v) is 22.0. The van der Waals surface area contributed by atoms with Crippen LogP contribution in [0.4, 0.5) is 0 Å². The summed E-state index contributed by atoms with van der Waals surface area (Å²) in [6.07, 6.45) is 5.27. The Balaban J connectivity index is 1.39. The van der Waals surface area contributed by atoms with E-state index < -0.39 is 5.91 Å². The molecule has 0 radical (unpaired) electrons. The van der Waals surface area contributed by atoms with Crippen molar-refractivity contribution in [2.45, 2.75) is 25.6 Å². The van der Waals surface area contributed by atoms with Crippen LogP contribution < -0.4 is 10.1 Å². The molecule has 0 spiro atoms. The standard InChI is InChI=1S/C31H27ClN4O3/c32-26-12-8-22(9-13-26)21-39-28-14-10-23(11-15-28)30-25(20-36(35-30)27-5-2-1-3-6-27)17-24(18-33)31(37)34-19-29-7-4-16-38-29/h1-3,5-6,8-15,17,20,29H,4,7,16,19,21H2,(H,34,37)/b24-17+. The van der Waals surface area contributed by atoms with Gasteiger partial charge < -0.3 is 14.8 Å². The van der Waals surface area contributed by atoms with Gasteiger partial charge in [-0.3, -0.25) is 4.79 Å². The second-order valence-electron chi connectivity index (χ2n) is 9.17. The Hall–Kier alpha value is -4.38. The van der Waals surface area contributed by atoms with Gasteiger partial charge in [0.1, 0.15) is 24.0 Å². The number of amides is 1. The number of nitriles is 1. The molecule has 196 valence electrons. The Morgan fingerprint density at radius 3 is 2.59 bits per heavy atom. The SMILES string of the molecule is N#C/C(=C\c1cn(-c2ccccc2)nc1-c1ccc(OCc2ccc(Cl)cc2)cc1)C(=O)NCC1CCCO1. The third-order valence-corrected chi connectivity index (χ3v) is 6.64. The quantitative estimate of drug-likeness (QED) is 0.209. The molecule has 5 rings (SSSR count). The molecule has 1 N–H and O–H groups in total. The zero-order chi connectivity index (χ0) is 27.0. The number of hydrogen-bond donors (Lipinski definition) is 1. The molecular weight excluding hydrogens is 512 g/mol. The third-order valence-electron chi connectivity index (χ3n) is 6.39. The highest BCUT2D eigenvalue weighted by molar-refractivity contribution is 6.30. The molecule has 1 aliphatic rings. The first kappa shape index (κ1) is 26.2. The minimum Gasteiger partial charge on any atom is -0.489 e. The highest BCUT2D eigenvalue weighted by Gasteiger charge is 2.19. The van der Waals surface area contributed by atoms with Crippen LogP contribution >= 0.6 is 11.6 Å². The van der Waals surface area contributed by atoms with Crippen molar-refractivity contribution in [2.24, 2.45) is 0 Å². The van der Waals surface area contributed by atoms with Crippen molar-refractivity contribution in [3.05, 3.63) is 107 Å². The van der Waals surface area contributed by atoms with E-state index in [4.69, 9.17) is 26.2 Å². The van der Waals surface area contributed by atoms with Crippen LogP contribution in [0.25, 0.3) is 23.0 Å². The van der Waals surface area contributed by atoms with Gasteiger partial charge in [0.25, 0.3) is 5.91 Å². The van der Waals surface area contributed by atoms with Crippen LogP contribution in [0.2, 0.25) is 5.02 Å². The van der Waals surface area contributed by atoms with Crippen molar-refractivity contribution in [2.75, 3.05) is 13.2 Å². The number of carbonyl (C=O) groups excluding carboxylic acids is 1. The Morgan fingerprint density at radius 1 is 1.13 bits per heavy atom. The van der Waals surface area contributed by atoms with Gasteiger partial charge in [-0.05, 0) is 73.0 Å². The Bertz CT molecular complexity index is 1480. The number of carbonyl (C=O) groups is 1. The van der Waals surface area contributed by atoms with Crippen molar-refractivity contribution in [3.8, 4) is 28.8 Å². The van der Waals surface area contributed by atoms with Crippen LogP contribution in [-0.2, 0) is 16.1 Å². The lowest BCUT2D eigenvalue weighted by Gasteiger charge is -2.10. The molecule has 39 heavy (non-hydrogen) atoms. The fourth-order valence-corrected chi connectivity index (χ4v) is 4.42. The first-order valence-corrected chi connectivity index (χ1v) is 13.1. The average molecular weight is 539 g/mol. The number of benzene rings is 3. The lowest BCUT2D eigenvalue weighted by atomic mass is 10.1. The minimum absolute atomic E-state index is 0.00442. The second-order valence-corrected chi connectivity index (χ2v) is 9.60. The zero-order valence-electron chi connectivity index (χ0n) is 21.2. The van der Waals surface area contributed by atoms with Crippen molar-refractivity contribution in [1.29, 1.82) is 5.26 Å².